The molecule has 3 rings (SSSR count). The smallest absolute Gasteiger partial charge is 0.0707 e. The third kappa shape index (κ3) is 1.53. The van der Waals surface area contributed by atoms with Crippen molar-refractivity contribution >= 4 is 11.3 Å². The van der Waals surface area contributed by atoms with Gasteiger partial charge in [-0.25, -0.2) is 0 Å². The van der Waals surface area contributed by atoms with Gasteiger partial charge in [0.25, 0.3) is 0 Å². The van der Waals surface area contributed by atoms with Gasteiger partial charge in [-0.15, -0.1) is 11.3 Å². The zero-order chi connectivity index (χ0) is 11.2. The lowest BCUT2D eigenvalue weighted by Gasteiger charge is -2.34. The summed E-state index contributed by atoms with van der Waals surface area (Å²) in [5.41, 5.74) is 1.63. The number of nitrogens with one attached hydrogen (secondary N) is 1. The second-order valence-corrected chi connectivity index (χ2v) is 6.31. The van der Waals surface area contributed by atoms with E-state index in [1.54, 1.807) is 4.88 Å². The van der Waals surface area contributed by atoms with Crippen LogP contribution in [0.25, 0.3) is 0 Å². The zero-order valence-electron chi connectivity index (χ0n) is 9.95. The van der Waals surface area contributed by atoms with Gasteiger partial charge in [0.1, 0.15) is 0 Å². The Morgan fingerprint density at radius 2 is 2.44 bits per heavy atom. The summed E-state index contributed by atoms with van der Waals surface area (Å²) in [6.07, 6.45) is 2.73. The number of rotatable bonds is 1. The second kappa shape index (κ2) is 3.83. The molecular weight excluding hydrogens is 218 g/mol. The fourth-order valence-corrected chi connectivity index (χ4v) is 3.90. The highest BCUT2D eigenvalue weighted by molar-refractivity contribution is 7.10. The Kier molecular flexibility index (Phi) is 2.57. The van der Waals surface area contributed by atoms with Crippen molar-refractivity contribution in [2.45, 2.75) is 38.3 Å². The van der Waals surface area contributed by atoms with E-state index < -0.39 is 0 Å². The monoisotopic (exact) mass is 237 g/mol. The van der Waals surface area contributed by atoms with Gasteiger partial charge >= 0.3 is 0 Å². The van der Waals surface area contributed by atoms with Gasteiger partial charge in [-0.2, -0.15) is 0 Å². The predicted molar refractivity (Wildman–Crippen MR) is 66.9 cm³/mol. The van der Waals surface area contributed by atoms with Gasteiger partial charge in [0.2, 0.25) is 0 Å². The third-order valence-corrected chi connectivity index (χ3v) is 4.89. The molecule has 0 aromatic carbocycles. The molecule has 0 bridgehead atoms. The topological polar surface area (TPSA) is 21.3 Å². The molecule has 0 amide bonds. The Hall–Kier alpha value is -0.380. The molecule has 16 heavy (non-hydrogen) atoms. The molecule has 3 heteroatoms. The summed E-state index contributed by atoms with van der Waals surface area (Å²) in [7, 11) is 0. The summed E-state index contributed by atoms with van der Waals surface area (Å²) in [4.78, 5) is 1.56. The van der Waals surface area contributed by atoms with E-state index in [2.05, 4.69) is 30.6 Å². The second-order valence-electron chi connectivity index (χ2n) is 5.31. The van der Waals surface area contributed by atoms with Gasteiger partial charge < -0.3 is 10.1 Å². The SMILES string of the molecule is CC(C)C1CC2(CO1)NCCc1sccc12. The first-order valence-electron chi connectivity index (χ1n) is 6.15. The summed E-state index contributed by atoms with van der Waals surface area (Å²) in [5, 5.41) is 5.93. The molecule has 1 N–H and O–H groups in total. The quantitative estimate of drug-likeness (QED) is 0.810. The molecule has 0 aliphatic carbocycles. The minimum Gasteiger partial charge on any atom is -0.376 e. The maximum atomic E-state index is 5.98. The van der Waals surface area contributed by atoms with Crippen molar-refractivity contribution in [3.8, 4) is 0 Å². The van der Waals surface area contributed by atoms with Crippen molar-refractivity contribution in [1.82, 2.24) is 5.32 Å². The summed E-state index contributed by atoms with van der Waals surface area (Å²) in [5.74, 6) is 0.616. The van der Waals surface area contributed by atoms with Crippen LogP contribution in [0.2, 0.25) is 0 Å². The maximum Gasteiger partial charge on any atom is 0.0707 e. The molecule has 0 radical (unpaired) electrons. The van der Waals surface area contributed by atoms with Gasteiger partial charge in [0, 0.05) is 11.4 Å². The summed E-state index contributed by atoms with van der Waals surface area (Å²) >= 11 is 1.90. The van der Waals surface area contributed by atoms with E-state index in [9.17, 15) is 0 Å². The van der Waals surface area contributed by atoms with E-state index in [0.717, 1.165) is 19.6 Å². The van der Waals surface area contributed by atoms with Crippen LogP contribution >= 0.6 is 11.3 Å². The lowest BCUT2D eigenvalue weighted by Crippen LogP contribution is -2.47. The fourth-order valence-electron chi connectivity index (χ4n) is 2.92. The number of thiophene rings is 1. The Morgan fingerprint density at radius 3 is 3.19 bits per heavy atom. The summed E-state index contributed by atoms with van der Waals surface area (Å²) in [6, 6.07) is 2.29. The van der Waals surface area contributed by atoms with Crippen LogP contribution < -0.4 is 5.32 Å². The Bertz CT molecular complexity index is 387. The molecule has 1 aromatic rings. The van der Waals surface area contributed by atoms with Crippen molar-refractivity contribution in [2.24, 2.45) is 5.92 Å². The van der Waals surface area contributed by atoms with E-state index in [4.69, 9.17) is 4.74 Å². The van der Waals surface area contributed by atoms with E-state index in [1.165, 1.54) is 12.0 Å². The highest BCUT2D eigenvalue weighted by atomic mass is 32.1. The van der Waals surface area contributed by atoms with Crippen molar-refractivity contribution in [3.63, 3.8) is 0 Å². The highest BCUT2D eigenvalue weighted by Gasteiger charge is 2.45. The Labute approximate surface area is 101 Å². The number of hydrogen-bond acceptors (Lipinski definition) is 3. The maximum absolute atomic E-state index is 5.98. The normalized spacial score (nSPS) is 33.6. The molecule has 2 unspecified atom stereocenters. The van der Waals surface area contributed by atoms with Gasteiger partial charge in [0.15, 0.2) is 0 Å². The first kappa shape index (κ1) is 10.8. The summed E-state index contributed by atoms with van der Waals surface area (Å²) in [6.45, 7) is 6.45. The fraction of sp³-hybridized carbons (Fsp3) is 0.692. The molecule has 1 saturated heterocycles. The molecule has 2 aliphatic heterocycles. The van der Waals surface area contributed by atoms with Crippen LogP contribution in [0.4, 0.5) is 0 Å². The van der Waals surface area contributed by atoms with Gasteiger partial charge in [-0.05, 0) is 35.8 Å². The van der Waals surface area contributed by atoms with Crippen LogP contribution in [0.1, 0.15) is 30.7 Å². The minimum atomic E-state index is 0.127. The molecule has 2 nitrogen and oxygen atoms in total. The number of fused-ring (bicyclic) bond motifs is 2. The van der Waals surface area contributed by atoms with E-state index in [0.29, 0.717) is 12.0 Å². The summed E-state index contributed by atoms with van der Waals surface area (Å²) < 4.78 is 5.98. The van der Waals surface area contributed by atoms with Crippen LogP contribution in [0.15, 0.2) is 11.4 Å². The average molecular weight is 237 g/mol. The molecular formula is C13H19NOS. The highest BCUT2D eigenvalue weighted by Crippen LogP contribution is 2.41. The molecule has 0 saturated carbocycles. The van der Waals surface area contributed by atoms with Crippen molar-refractivity contribution < 1.29 is 4.74 Å². The van der Waals surface area contributed by atoms with Crippen LogP contribution in [0.3, 0.4) is 0 Å². The van der Waals surface area contributed by atoms with E-state index in [1.807, 2.05) is 11.3 Å². The Balaban J connectivity index is 1.92. The van der Waals surface area contributed by atoms with Gasteiger partial charge in [-0.1, -0.05) is 13.8 Å². The molecule has 2 aliphatic rings. The lowest BCUT2D eigenvalue weighted by molar-refractivity contribution is 0.0692. The average Bonchev–Trinajstić information content (AvgIpc) is 2.86. The lowest BCUT2D eigenvalue weighted by atomic mass is 9.83. The molecule has 2 atom stereocenters. The van der Waals surface area contributed by atoms with Gasteiger partial charge in [-0.3, -0.25) is 0 Å². The minimum absolute atomic E-state index is 0.127. The van der Waals surface area contributed by atoms with Crippen LogP contribution in [-0.4, -0.2) is 19.3 Å². The predicted octanol–water partition coefficient (Wildman–Crippen LogP) is 2.53. The standard InChI is InChI=1S/C13H19NOS/c1-9(2)11-7-13(8-15-11)10-4-6-16-12(10)3-5-14-13/h4,6,9,11,14H,3,5,7-8H2,1-2H3. The molecule has 1 fully saturated rings. The van der Waals surface area contributed by atoms with Crippen LogP contribution in [0, 0.1) is 5.92 Å². The molecule has 1 aromatic heterocycles. The Morgan fingerprint density at radius 1 is 1.56 bits per heavy atom. The number of ether oxygens (including phenoxy) is 1. The first-order valence-corrected chi connectivity index (χ1v) is 7.03. The molecule has 88 valence electrons. The van der Waals surface area contributed by atoms with E-state index >= 15 is 0 Å². The van der Waals surface area contributed by atoms with Crippen molar-refractivity contribution in [2.75, 3.05) is 13.2 Å². The zero-order valence-corrected chi connectivity index (χ0v) is 10.8. The number of hydrogen-bond donors (Lipinski definition) is 1. The van der Waals surface area contributed by atoms with E-state index in [-0.39, 0.29) is 5.54 Å². The third-order valence-electron chi connectivity index (χ3n) is 3.91. The van der Waals surface area contributed by atoms with Crippen LogP contribution in [0.5, 0.6) is 0 Å². The van der Waals surface area contributed by atoms with Crippen LogP contribution in [-0.2, 0) is 16.7 Å². The van der Waals surface area contributed by atoms with Crippen molar-refractivity contribution in [1.29, 1.82) is 0 Å². The van der Waals surface area contributed by atoms with Gasteiger partial charge in [0.05, 0.1) is 18.2 Å². The molecule has 1 spiro atoms. The van der Waals surface area contributed by atoms with Crippen molar-refractivity contribution in [3.05, 3.63) is 21.9 Å². The molecule has 3 heterocycles. The first-order chi connectivity index (χ1) is 7.71. The largest absolute Gasteiger partial charge is 0.376 e.